The van der Waals surface area contributed by atoms with Gasteiger partial charge in [0.2, 0.25) is 0 Å². The number of methoxy groups -OCH3 is 1. The molecule has 0 aromatic rings. The van der Waals surface area contributed by atoms with Crippen LogP contribution in [0, 0.1) is 45.3 Å². The van der Waals surface area contributed by atoms with Gasteiger partial charge in [-0.05, 0) is 68.3 Å². The topological polar surface area (TPSA) is 129 Å². The van der Waals surface area contributed by atoms with E-state index < -0.39 is 58.0 Å². The summed E-state index contributed by atoms with van der Waals surface area (Å²) in [7, 11) is 1.60. The third-order valence-electron chi connectivity index (χ3n) is 12.5. The minimum absolute atomic E-state index is 0.0145. The molecule has 3 fully saturated rings. The normalized spacial score (nSPS) is 45.1. The van der Waals surface area contributed by atoms with Gasteiger partial charge in [-0.25, -0.2) is 0 Å². The number of hydrogen-bond acceptors (Lipinski definition) is 9. The average molecular weight is 617 g/mol. The molecule has 5 rings (SSSR count). The van der Waals surface area contributed by atoms with Crippen molar-refractivity contribution in [1.29, 1.82) is 0 Å². The second-order valence-corrected chi connectivity index (χ2v) is 15.9. The van der Waals surface area contributed by atoms with Crippen molar-refractivity contribution in [3.63, 3.8) is 0 Å². The molecule has 0 unspecified atom stereocenters. The number of esters is 2. The van der Waals surface area contributed by atoms with E-state index in [9.17, 15) is 24.6 Å². The molecule has 12 atom stereocenters. The van der Waals surface area contributed by atoms with Crippen molar-refractivity contribution in [2.45, 2.75) is 124 Å². The van der Waals surface area contributed by atoms with Crippen LogP contribution in [0.1, 0.15) is 88.0 Å². The summed E-state index contributed by atoms with van der Waals surface area (Å²) in [5.74, 6) is -1.20. The molecule has 4 aliphatic carbocycles. The lowest BCUT2D eigenvalue weighted by molar-refractivity contribution is -0.220. The molecule has 1 saturated heterocycles. The Kier molecular flexibility index (Phi) is 8.13. The van der Waals surface area contributed by atoms with Gasteiger partial charge in [0.05, 0.1) is 11.7 Å². The number of fused-ring (bicyclic) bond motifs is 5. The minimum Gasteiger partial charge on any atom is -0.462 e. The third-order valence-corrected chi connectivity index (χ3v) is 12.5. The summed E-state index contributed by atoms with van der Waals surface area (Å²) < 4.78 is 24.5. The Balaban J connectivity index is 1.63. The molecule has 246 valence electrons. The fourth-order valence-corrected chi connectivity index (χ4v) is 10.7. The number of ketones is 1. The zero-order valence-corrected chi connectivity index (χ0v) is 28.0. The molecule has 0 spiro atoms. The standard InChI is InChI=1S/C35H52O9/c1-18(36)42-23-17-34(8)21(20-15-22(44-30(20)41-10)29(39)32(5,6)40)11-12-24(34)35(9)27(43-19(2)37)16-25-31(3,4)26(38)13-14-33(25,7)28(23)35/h12-14,20-23,25,27-30,39-40H,11,15-17H2,1-10H3/t20-,21-,22+,23+,25-,27+,28+,29+,30+,33-,34-,35+/m0/s1. The van der Waals surface area contributed by atoms with Crippen LogP contribution < -0.4 is 0 Å². The van der Waals surface area contributed by atoms with Crippen LogP contribution >= 0.6 is 0 Å². The van der Waals surface area contributed by atoms with Gasteiger partial charge < -0.3 is 29.2 Å². The molecular formula is C35H52O9. The van der Waals surface area contributed by atoms with E-state index >= 15 is 0 Å². The van der Waals surface area contributed by atoms with E-state index in [1.165, 1.54) is 19.4 Å². The second-order valence-electron chi connectivity index (χ2n) is 15.9. The van der Waals surface area contributed by atoms with Gasteiger partial charge >= 0.3 is 11.9 Å². The van der Waals surface area contributed by atoms with E-state index in [1.807, 2.05) is 19.9 Å². The molecule has 2 saturated carbocycles. The zero-order valence-electron chi connectivity index (χ0n) is 28.0. The lowest BCUT2D eigenvalue weighted by Gasteiger charge is -2.67. The van der Waals surface area contributed by atoms with E-state index in [0.29, 0.717) is 25.7 Å². The van der Waals surface area contributed by atoms with Gasteiger partial charge in [-0.1, -0.05) is 52.3 Å². The molecule has 5 aliphatic rings. The van der Waals surface area contributed by atoms with Crippen molar-refractivity contribution in [3.05, 3.63) is 23.8 Å². The number of aliphatic hydroxyl groups is 2. The van der Waals surface area contributed by atoms with Crippen molar-refractivity contribution in [2.75, 3.05) is 7.11 Å². The molecule has 2 N–H and O–H groups in total. The predicted octanol–water partition coefficient (Wildman–Crippen LogP) is 4.53. The molecule has 0 amide bonds. The molecule has 0 aromatic carbocycles. The Morgan fingerprint density at radius 3 is 2.27 bits per heavy atom. The van der Waals surface area contributed by atoms with Crippen LogP contribution in [0.2, 0.25) is 0 Å². The molecule has 9 heteroatoms. The first-order chi connectivity index (χ1) is 20.2. The first-order valence-electron chi connectivity index (χ1n) is 16.1. The van der Waals surface area contributed by atoms with E-state index in [-0.39, 0.29) is 41.4 Å². The summed E-state index contributed by atoms with van der Waals surface area (Å²) in [6, 6.07) is 0. The van der Waals surface area contributed by atoms with E-state index in [0.717, 1.165) is 0 Å². The largest absolute Gasteiger partial charge is 0.462 e. The summed E-state index contributed by atoms with van der Waals surface area (Å²) in [5, 5.41) is 21.5. The first kappa shape index (κ1) is 33.3. The molecule has 0 aromatic heterocycles. The Bertz CT molecular complexity index is 1260. The van der Waals surface area contributed by atoms with Gasteiger partial charge in [0.1, 0.15) is 18.3 Å². The van der Waals surface area contributed by atoms with Crippen molar-refractivity contribution in [3.8, 4) is 0 Å². The highest BCUT2D eigenvalue weighted by Crippen LogP contribution is 2.73. The molecule has 1 heterocycles. The number of aliphatic hydroxyl groups excluding tert-OH is 1. The van der Waals surface area contributed by atoms with E-state index in [4.69, 9.17) is 18.9 Å². The Morgan fingerprint density at radius 2 is 1.70 bits per heavy atom. The molecule has 1 aliphatic heterocycles. The van der Waals surface area contributed by atoms with Crippen LogP contribution in [-0.4, -0.2) is 71.4 Å². The maximum atomic E-state index is 13.2. The van der Waals surface area contributed by atoms with Gasteiger partial charge in [0.15, 0.2) is 12.1 Å². The molecule has 0 radical (unpaired) electrons. The molecule has 0 bridgehead atoms. The van der Waals surface area contributed by atoms with Gasteiger partial charge in [0, 0.05) is 43.6 Å². The number of carbonyl (C=O) groups is 3. The SMILES string of the molecule is CO[C@@H]1O[C@@H]([C@@H](O)C(C)(C)O)C[C@H]1[C@@H]1CC=C2[C@@]3(C)[C@H]([C@H](OC(C)=O)C[C@]21C)[C@@]1(C)C=CC(=O)C(C)(C)[C@@H]1C[C@H]3OC(C)=O. The number of ether oxygens (including phenoxy) is 4. The lowest BCUT2D eigenvalue weighted by Crippen LogP contribution is -2.68. The highest BCUT2D eigenvalue weighted by Gasteiger charge is 2.72. The lowest BCUT2D eigenvalue weighted by atomic mass is 9.37. The van der Waals surface area contributed by atoms with Crippen LogP contribution in [0.3, 0.4) is 0 Å². The van der Waals surface area contributed by atoms with Crippen LogP contribution in [0.4, 0.5) is 0 Å². The summed E-state index contributed by atoms with van der Waals surface area (Å²) in [4.78, 5) is 38.6. The molecule has 44 heavy (non-hydrogen) atoms. The Morgan fingerprint density at radius 1 is 1.07 bits per heavy atom. The van der Waals surface area contributed by atoms with Gasteiger partial charge in [-0.2, -0.15) is 0 Å². The minimum atomic E-state index is -1.35. The third kappa shape index (κ3) is 4.83. The summed E-state index contributed by atoms with van der Waals surface area (Å²) >= 11 is 0. The summed E-state index contributed by atoms with van der Waals surface area (Å²) in [6.45, 7) is 16.5. The van der Waals surface area contributed by atoms with Crippen molar-refractivity contribution in [2.24, 2.45) is 45.3 Å². The Hall–Kier alpha value is -2.07. The predicted molar refractivity (Wildman–Crippen MR) is 162 cm³/mol. The van der Waals surface area contributed by atoms with Crippen LogP contribution in [0.15, 0.2) is 23.8 Å². The molecule has 9 nitrogen and oxygen atoms in total. The fourth-order valence-electron chi connectivity index (χ4n) is 10.7. The van der Waals surface area contributed by atoms with E-state index in [1.54, 1.807) is 27.0 Å². The van der Waals surface area contributed by atoms with Gasteiger partial charge in [-0.3, -0.25) is 14.4 Å². The first-order valence-corrected chi connectivity index (χ1v) is 16.1. The fraction of sp³-hybridized carbons (Fsp3) is 0.800. The second kappa shape index (κ2) is 10.7. The number of rotatable bonds is 6. The van der Waals surface area contributed by atoms with Gasteiger partial charge in [-0.15, -0.1) is 0 Å². The van der Waals surface area contributed by atoms with Gasteiger partial charge in [0.25, 0.3) is 0 Å². The highest BCUT2D eigenvalue weighted by atomic mass is 16.7. The smallest absolute Gasteiger partial charge is 0.302 e. The zero-order chi connectivity index (χ0) is 32.8. The maximum absolute atomic E-state index is 13.2. The van der Waals surface area contributed by atoms with Crippen molar-refractivity contribution < 1.29 is 43.5 Å². The Labute approximate surface area is 261 Å². The van der Waals surface area contributed by atoms with Crippen LogP contribution in [-0.2, 0) is 33.3 Å². The summed E-state index contributed by atoms with van der Waals surface area (Å²) in [6.07, 6.45) is 4.93. The van der Waals surface area contributed by atoms with Crippen molar-refractivity contribution in [1.82, 2.24) is 0 Å². The number of allylic oxidation sites excluding steroid dienone is 3. The summed E-state index contributed by atoms with van der Waals surface area (Å²) in [5.41, 5.74) is -2.56. The van der Waals surface area contributed by atoms with Crippen LogP contribution in [0.5, 0.6) is 0 Å². The van der Waals surface area contributed by atoms with Crippen LogP contribution in [0.25, 0.3) is 0 Å². The average Bonchev–Trinajstić information content (AvgIpc) is 3.47. The van der Waals surface area contributed by atoms with E-state index in [2.05, 4.69) is 26.8 Å². The number of hydrogen-bond donors (Lipinski definition) is 2. The maximum Gasteiger partial charge on any atom is 0.302 e. The molecular weight excluding hydrogens is 564 g/mol. The van der Waals surface area contributed by atoms with Crippen molar-refractivity contribution >= 4 is 17.7 Å². The monoisotopic (exact) mass is 616 g/mol. The highest BCUT2D eigenvalue weighted by molar-refractivity contribution is 5.95. The number of carbonyl (C=O) groups excluding carboxylic acids is 3. The quantitative estimate of drug-likeness (QED) is 0.327.